The van der Waals surface area contributed by atoms with E-state index in [0.29, 0.717) is 6.42 Å². The molecule has 4 nitrogen and oxygen atoms in total. The van der Waals surface area contributed by atoms with Crippen molar-refractivity contribution in [3.8, 4) is 6.07 Å². The van der Waals surface area contributed by atoms with Crippen LogP contribution >= 0.6 is 0 Å². The van der Waals surface area contributed by atoms with Crippen molar-refractivity contribution < 1.29 is 4.79 Å². The van der Waals surface area contributed by atoms with Crippen molar-refractivity contribution in [1.29, 1.82) is 5.26 Å². The summed E-state index contributed by atoms with van der Waals surface area (Å²) in [7, 11) is 0. The van der Waals surface area contributed by atoms with Gasteiger partial charge in [-0.3, -0.25) is 0 Å². The second-order valence-electron chi connectivity index (χ2n) is 3.55. The maximum absolute atomic E-state index is 11.2. The van der Waals surface area contributed by atoms with Crippen molar-refractivity contribution in [2.24, 2.45) is 0 Å². The molecule has 0 bridgehead atoms. The highest BCUT2D eigenvalue weighted by atomic mass is 16.2. The second kappa shape index (κ2) is 4.70. The quantitative estimate of drug-likeness (QED) is 0.694. The van der Waals surface area contributed by atoms with Crippen LogP contribution in [0.2, 0.25) is 0 Å². The number of carbonyl (C=O) groups excluding carboxylic acids is 1. The van der Waals surface area contributed by atoms with E-state index in [1.165, 1.54) is 0 Å². The van der Waals surface area contributed by atoms with E-state index in [2.05, 4.69) is 16.7 Å². The van der Waals surface area contributed by atoms with Gasteiger partial charge in [0.2, 0.25) is 0 Å². The monoisotopic (exact) mass is 183 g/mol. The van der Waals surface area contributed by atoms with Crippen LogP contribution in [-0.4, -0.2) is 17.6 Å². The first-order chi connectivity index (χ1) is 5.93. The zero-order valence-corrected chi connectivity index (χ0v) is 8.64. The summed E-state index contributed by atoms with van der Waals surface area (Å²) in [5, 5.41) is 14.1. The minimum absolute atomic E-state index is 0.0831. The van der Waals surface area contributed by atoms with E-state index < -0.39 is 5.54 Å². The predicted molar refractivity (Wildman–Crippen MR) is 51.1 cm³/mol. The van der Waals surface area contributed by atoms with Gasteiger partial charge < -0.3 is 10.6 Å². The number of nitrogens with one attached hydrogen (secondary N) is 2. The fourth-order valence-electron chi connectivity index (χ4n) is 0.744. The van der Waals surface area contributed by atoms with Crippen molar-refractivity contribution in [1.82, 2.24) is 10.6 Å². The lowest BCUT2D eigenvalue weighted by molar-refractivity contribution is 0.230. The summed E-state index contributed by atoms with van der Waals surface area (Å²) in [5.74, 6) is 0. The summed E-state index contributed by atoms with van der Waals surface area (Å²) < 4.78 is 0. The van der Waals surface area contributed by atoms with Crippen molar-refractivity contribution in [2.45, 2.75) is 45.7 Å². The van der Waals surface area contributed by atoms with Crippen molar-refractivity contribution in [3.05, 3.63) is 0 Å². The lowest BCUT2D eigenvalue weighted by Crippen LogP contribution is -2.50. The molecule has 2 amide bonds. The van der Waals surface area contributed by atoms with Gasteiger partial charge in [0.15, 0.2) is 0 Å². The van der Waals surface area contributed by atoms with E-state index in [9.17, 15) is 4.79 Å². The molecule has 1 atom stereocenters. The van der Waals surface area contributed by atoms with Crippen molar-refractivity contribution >= 4 is 6.03 Å². The molecule has 0 radical (unpaired) electrons. The Bertz CT molecular complexity index is 219. The molecule has 1 unspecified atom stereocenters. The van der Waals surface area contributed by atoms with E-state index in [-0.39, 0.29) is 12.1 Å². The predicted octanol–water partition coefficient (Wildman–Crippen LogP) is 1.39. The van der Waals surface area contributed by atoms with E-state index in [1.807, 2.05) is 20.8 Å². The van der Waals surface area contributed by atoms with Crippen LogP contribution in [0.4, 0.5) is 4.79 Å². The molecular formula is C9H17N3O. The van der Waals surface area contributed by atoms with Gasteiger partial charge in [0.05, 0.1) is 6.07 Å². The first-order valence-corrected chi connectivity index (χ1v) is 4.43. The van der Waals surface area contributed by atoms with Crippen LogP contribution in [0.15, 0.2) is 0 Å². The SMILES string of the molecule is CCC(C)(C#N)NC(=O)NC(C)C. The molecule has 2 N–H and O–H groups in total. The highest BCUT2D eigenvalue weighted by molar-refractivity contribution is 5.75. The Morgan fingerprint density at radius 3 is 2.46 bits per heavy atom. The van der Waals surface area contributed by atoms with Crippen LogP contribution in [0, 0.1) is 11.3 Å². The molecule has 4 heteroatoms. The van der Waals surface area contributed by atoms with Gasteiger partial charge in [0, 0.05) is 6.04 Å². The number of hydrogen-bond acceptors (Lipinski definition) is 2. The normalized spacial score (nSPS) is 14.5. The molecule has 0 fully saturated rings. The Hall–Kier alpha value is -1.24. The van der Waals surface area contributed by atoms with Gasteiger partial charge in [0.25, 0.3) is 0 Å². The average molecular weight is 183 g/mol. The fourth-order valence-corrected chi connectivity index (χ4v) is 0.744. The zero-order valence-electron chi connectivity index (χ0n) is 8.64. The first-order valence-electron chi connectivity index (χ1n) is 4.43. The average Bonchev–Trinajstić information content (AvgIpc) is 2.02. The lowest BCUT2D eigenvalue weighted by Gasteiger charge is -2.22. The zero-order chi connectivity index (χ0) is 10.5. The topological polar surface area (TPSA) is 64.9 Å². The number of urea groups is 1. The molecule has 0 saturated heterocycles. The van der Waals surface area contributed by atoms with Crippen LogP contribution in [0.1, 0.15) is 34.1 Å². The molecule has 0 saturated carbocycles. The highest BCUT2D eigenvalue weighted by Crippen LogP contribution is 2.06. The Balaban J connectivity index is 4.12. The second-order valence-corrected chi connectivity index (χ2v) is 3.55. The Morgan fingerprint density at radius 1 is 1.62 bits per heavy atom. The maximum Gasteiger partial charge on any atom is 0.316 e. The number of nitriles is 1. The van der Waals surface area contributed by atoms with Gasteiger partial charge in [-0.05, 0) is 27.2 Å². The van der Waals surface area contributed by atoms with Crippen LogP contribution < -0.4 is 10.6 Å². The van der Waals surface area contributed by atoms with Crippen LogP contribution in [0.3, 0.4) is 0 Å². The standard InChI is InChI=1S/C9H17N3O/c1-5-9(4,6-10)12-8(13)11-7(2)3/h7H,5H2,1-4H3,(H2,11,12,13). The van der Waals surface area contributed by atoms with Gasteiger partial charge in [0.1, 0.15) is 5.54 Å². The molecule has 0 spiro atoms. The van der Waals surface area contributed by atoms with Gasteiger partial charge in [-0.25, -0.2) is 4.79 Å². The molecule has 0 aromatic carbocycles. The van der Waals surface area contributed by atoms with Crippen LogP contribution in [0.25, 0.3) is 0 Å². The number of amides is 2. The Morgan fingerprint density at radius 2 is 2.15 bits per heavy atom. The van der Waals surface area contributed by atoms with E-state index in [0.717, 1.165) is 0 Å². The Labute approximate surface area is 79.3 Å². The lowest BCUT2D eigenvalue weighted by atomic mass is 10.0. The highest BCUT2D eigenvalue weighted by Gasteiger charge is 2.23. The summed E-state index contributed by atoms with van der Waals surface area (Å²) >= 11 is 0. The molecule has 0 aliphatic heterocycles. The summed E-state index contributed by atoms with van der Waals surface area (Å²) in [6.07, 6.45) is 0.592. The molecule has 0 heterocycles. The molecule has 0 aliphatic rings. The molecule has 74 valence electrons. The van der Waals surface area contributed by atoms with Gasteiger partial charge in [-0.2, -0.15) is 5.26 Å². The number of nitrogens with zero attached hydrogens (tertiary/aromatic N) is 1. The van der Waals surface area contributed by atoms with E-state index >= 15 is 0 Å². The van der Waals surface area contributed by atoms with Crippen LogP contribution in [-0.2, 0) is 0 Å². The molecule has 0 aromatic rings. The van der Waals surface area contributed by atoms with Crippen molar-refractivity contribution in [3.63, 3.8) is 0 Å². The smallest absolute Gasteiger partial charge is 0.316 e. The summed E-state index contributed by atoms with van der Waals surface area (Å²) in [4.78, 5) is 11.2. The molecule has 13 heavy (non-hydrogen) atoms. The maximum atomic E-state index is 11.2. The van der Waals surface area contributed by atoms with Gasteiger partial charge >= 0.3 is 6.03 Å². The third kappa shape index (κ3) is 4.36. The van der Waals surface area contributed by atoms with Crippen molar-refractivity contribution in [2.75, 3.05) is 0 Å². The van der Waals surface area contributed by atoms with E-state index in [4.69, 9.17) is 5.26 Å². The third-order valence-corrected chi connectivity index (χ3v) is 1.76. The molecule has 0 rings (SSSR count). The summed E-state index contributed by atoms with van der Waals surface area (Å²) in [6, 6.07) is 1.85. The molecule has 0 aromatic heterocycles. The van der Waals surface area contributed by atoms with E-state index in [1.54, 1.807) is 6.92 Å². The van der Waals surface area contributed by atoms with Gasteiger partial charge in [-0.15, -0.1) is 0 Å². The molecule has 0 aliphatic carbocycles. The molecular weight excluding hydrogens is 166 g/mol. The minimum Gasteiger partial charge on any atom is -0.336 e. The largest absolute Gasteiger partial charge is 0.336 e. The summed E-state index contributed by atoms with van der Waals surface area (Å²) in [6.45, 7) is 7.30. The third-order valence-electron chi connectivity index (χ3n) is 1.76. The number of carbonyl (C=O) groups is 1. The minimum atomic E-state index is -0.765. The van der Waals surface area contributed by atoms with Gasteiger partial charge in [-0.1, -0.05) is 6.92 Å². The number of hydrogen-bond donors (Lipinski definition) is 2. The summed E-state index contributed by atoms with van der Waals surface area (Å²) in [5.41, 5.74) is -0.765. The fraction of sp³-hybridized carbons (Fsp3) is 0.778. The Kier molecular flexibility index (Phi) is 4.26. The first kappa shape index (κ1) is 11.8. The van der Waals surface area contributed by atoms with Crippen LogP contribution in [0.5, 0.6) is 0 Å². The number of rotatable bonds is 3.